The zero-order chi connectivity index (χ0) is 21.3. The Morgan fingerprint density at radius 1 is 0.900 bits per heavy atom. The number of sulfonamides is 1. The van der Waals surface area contributed by atoms with Gasteiger partial charge in [-0.3, -0.25) is 4.72 Å². The minimum Gasteiger partial charge on any atom is -0.493 e. The number of benzene rings is 3. The second-order valence-corrected chi connectivity index (χ2v) is 8.37. The summed E-state index contributed by atoms with van der Waals surface area (Å²) < 4.78 is 44.2. The molecule has 1 heterocycles. The molecule has 0 unspecified atom stereocenters. The quantitative estimate of drug-likeness (QED) is 0.486. The Kier molecular flexibility index (Phi) is 5.09. The number of methoxy groups -OCH3 is 2. The Morgan fingerprint density at radius 2 is 1.63 bits per heavy atom. The van der Waals surface area contributed by atoms with E-state index in [2.05, 4.69) is 9.71 Å². The first-order chi connectivity index (χ1) is 14.4. The Labute approximate surface area is 174 Å². The standard InChI is InChI=1S/C22H20N2O5S/c1-14-4-8-17(9-5-14)30(25,26)24-16-7-11-19-18(13-16)23-22(29-19)15-6-10-20(27-2)21(12-15)28-3/h4-13,24H,1-3H3. The average molecular weight is 424 g/mol. The van der Waals surface area contributed by atoms with Gasteiger partial charge in [0, 0.05) is 5.56 Å². The van der Waals surface area contributed by atoms with E-state index in [0.717, 1.165) is 5.56 Å². The molecule has 0 saturated carbocycles. The number of nitrogens with zero attached hydrogens (tertiary/aromatic N) is 1. The normalized spacial score (nSPS) is 11.4. The van der Waals surface area contributed by atoms with Gasteiger partial charge in [0.15, 0.2) is 17.1 Å². The first-order valence-corrected chi connectivity index (χ1v) is 10.6. The maximum absolute atomic E-state index is 12.6. The van der Waals surface area contributed by atoms with E-state index >= 15 is 0 Å². The third-order valence-corrected chi connectivity index (χ3v) is 6.00. The molecule has 1 aromatic heterocycles. The van der Waals surface area contributed by atoms with Crippen LogP contribution in [-0.4, -0.2) is 27.6 Å². The van der Waals surface area contributed by atoms with Crippen LogP contribution in [0.1, 0.15) is 5.56 Å². The summed E-state index contributed by atoms with van der Waals surface area (Å²) >= 11 is 0. The van der Waals surface area contributed by atoms with Gasteiger partial charge in [0.25, 0.3) is 10.0 Å². The van der Waals surface area contributed by atoms with Crippen LogP contribution in [0.15, 0.2) is 70.0 Å². The fraction of sp³-hybridized carbons (Fsp3) is 0.136. The molecule has 0 saturated heterocycles. The van der Waals surface area contributed by atoms with E-state index in [9.17, 15) is 8.42 Å². The van der Waals surface area contributed by atoms with E-state index < -0.39 is 10.0 Å². The van der Waals surface area contributed by atoms with Crippen molar-refractivity contribution in [1.82, 2.24) is 4.98 Å². The van der Waals surface area contributed by atoms with Gasteiger partial charge in [-0.1, -0.05) is 17.7 Å². The molecule has 0 aliphatic carbocycles. The van der Waals surface area contributed by atoms with Crippen molar-refractivity contribution in [2.75, 3.05) is 18.9 Å². The smallest absolute Gasteiger partial charge is 0.261 e. The number of hydrogen-bond donors (Lipinski definition) is 1. The second kappa shape index (κ2) is 7.72. The summed E-state index contributed by atoms with van der Waals surface area (Å²) in [6, 6.07) is 17.0. The van der Waals surface area contributed by atoms with E-state index in [1.807, 2.05) is 13.0 Å². The highest BCUT2D eigenvalue weighted by atomic mass is 32.2. The summed E-state index contributed by atoms with van der Waals surface area (Å²) in [5.41, 5.74) is 3.17. The van der Waals surface area contributed by atoms with Crippen molar-refractivity contribution in [3.8, 4) is 23.0 Å². The summed E-state index contributed by atoms with van der Waals surface area (Å²) in [6.45, 7) is 1.90. The number of rotatable bonds is 6. The molecular weight excluding hydrogens is 404 g/mol. The van der Waals surface area contributed by atoms with Gasteiger partial charge in [-0.05, 0) is 55.5 Å². The number of oxazole rings is 1. The molecule has 7 nitrogen and oxygen atoms in total. The van der Waals surface area contributed by atoms with Crippen molar-refractivity contribution in [2.24, 2.45) is 0 Å². The van der Waals surface area contributed by atoms with Gasteiger partial charge in [-0.15, -0.1) is 0 Å². The number of nitrogens with one attached hydrogen (secondary N) is 1. The van der Waals surface area contributed by atoms with Gasteiger partial charge >= 0.3 is 0 Å². The lowest BCUT2D eigenvalue weighted by molar-refractivity contribution is 0.355. The molecule has 1 N–H and O–H groups in total. The molecule has 3 aromatic carbocycles. The Bertz CT molecular complexity index is 1310. The molecule has 8 heteroatoms. The molecule has 0 radical (unpaired) electrons. The third kappa shape index (κ3) is 3.81. The Morgan fingerprint density at radius 3 is 2.33 bits per heavy atom. The lowest BCUT2D eigenvalue weighted by Gasteiger charge is -2.08. The largest absolute Gasteiger partial charge is 0.493 e. The van der Waals surface area contributed by atoms with E-state index in [4.69, 9.17) is 13.9 Å². The van der Waals surface area contributed by atoms with Crippen LogP contribution >= 0.6 is 0 Å². The van der Waals surface area contributed by atoms with E-state index in [0.29, 0.717) is 39.7 Å². The number of aryl methyl sites for hydroxylation is 1. The predicted molar refractivity (Wildman–Crippen MR) is 115 cm³/mol. The summed E-state index contributed by atoms with van der Waals surface area (Å²) in [4.78, 5) is 4.68. The summed E-state index contributed by atoms with van der Waals surface area (Å²) in [5.74, 6) is 1.55. The molecule has 0 spiro atoms. The third-order valence-electron chi connectivity index (χ3n) is 4.60. The molecule has 154 valence electrons. The molecule has 4 rings (SSSR count). The highest BCUT2D eigenvalue weighted by Gasteiger charge is 2.16. The number of ether oxygens (including phenoxy) is 2. The number of anilines is 1. The Balaban J connectivity index is 1.65. The molecule has 4 aromatic rings. The minimum absolute atomic E-state index is 0.194. The molecule has 0 aliphatic rings. The van der Waals surface area contributed by atoms with Gasteiger partial charge in [0.1, 0.15) is 5.52 Å². The van der Waals surface area contributed by atoms with Crippen molar-refractivity contribution < 1.29 is 22.3 Å². The monoisotopic (exact) mass is 424 g/mol. The fourth-order valence-electron chi connectivity index (χ4n) is 3.02. The Hall–Kier alpha value is -3.52. The van der Waals surface area contributed by atoms with Crippen LogP contribution in [-0.2, 0) is 10.0 Å². The van der Waals surface area contributed by atoms with Crippen molar-refractivity contribution in [3.05, 3.63) is 66.2 Å². The van der Waals surface area contributed by atoms with Crippen molar-refractivity contribution in [1.29, 1.82) is 0 Å². The average Bonchev–Trinajstić information content (AvgIpc) is 3.16. The molecule has 0 fully saturated rings. The van der Waals surface area contributed by atoms with Crippen LogP contribution < -0.4 is 14.2 Å². The van der Waals surface area contributed by atoms with Gasteiger partial charge in [0.05, 0.1) is 24.8 Å². The van der Waals surface area contributed by atoms with Crippen LogP contribution in [0.4, 0.5) is 5.69 Å². The molecular formula is C22H20N2O5S. The molecule has 0 amide bonds. The fourth-order valence-corrected chi connectivity index (χ4v) is 4.06. The van der Waals surface area contributed by atoms with Crippen LogP contribution in [0.2, 0.25) is 0 Å². The van der Waals surface area contributed by atoms with Gasteiger partial charge < -0.3 is 13.9 Å². The van der Waals surface area contributed by atoms with Gasteiger partial charge in [-0.2, -0.15) is 0 Å². The topological polar surface area (TPSA) is 90.7 Å². The summed E-state index contributed by atoms with van der Waals surface area (Å²) in [6.07, 6.45) is 0. The number of hydrogen-bond acceptors (Lipinski definition) is 6. The van der Waals surface area contributed by atoms with Crippen LogP contribution in [0.25, 0.3) is 22.6 Å². The summed E-state index contributed by atoms with van der Waals surface area (Å²) in [5, 5.41) is 0. The highest BCUT2D eigenvalue weighted by Crippen LogP contribution is 2.33. The van der Waals surface area contributed by atoms with Crippen molar-refractivity contribution in [3.63, 3.8) is 0 Å². The number of aromatic nitrogens is 1. The predicted octanol–water partition coefficient (Wildman–Crippen LogP) is 4.62. The van der Waals surface area contributed by atoms with Crippen molar-refractivity contribution in [2.45, 2.75) is 11.8 Å². The molecule has 0 atom stereocenters. The van der Waals surface area contributed by atoms with Gasteiger partial charge in [0.2, 0.25) is 5.89 Å². The maximum atomic E-state index is 12.6. The highest BCUT2D eigenvalue weighted by molar-refractivity contribution is 7.92. The van der Waals surface area contributed by atoms with Crippen LogP contribution in [0.5, 0.6) is 11.5 Å². The minimum atomic E-state index is -3.70. The first kappa shape index (κ1) is 19.8. The molecule has 0 bridgehead atoms. The second-order valence-electron chi connectivity index (χ2n) is 6.69. The zero-order valence-electron chi connectivity index (χ0n) is 16.7. The molecule has 30 heavy (non-hydrogen) atoms. The van der Waals surface area contributed by atoms with Crippen molar-refractivity contribution >= 4 is 26.8 Å². The maximum Gasteiger partial charge on any atom is 0.261 e. The molecule has 0 aliphatic heterocycles. The van der Waals surface area contributed by atoms with E-state index in [1.54, 1.807) is 68.8 Å². The van der Waals surface area contributed by atoms with E-state index in [-0.39, 0.29) is 4.90 Å². The SMILES string of the molecule is COc1ccc(-c2nc3cc(NS(=O)(=O)c4ccc(C)cc4)ccc3o2)cc1OC. The lowest BCUT2D eigenvalue weighted by atomic mass is 10.2. The van der Waals surface area contributed by atoms with Crippen LogP contribution in [0.3, 0.4) is 0 Å². The lowest BCUT2D eigenvalue weighted by Crippen LogP contribution is -2.12. The van der Waals surface area contributed by atoms with Crippen LogP contribution in [0, 0.1) is 6.92 Å². The van der Waals surface area contributed by atoms with E-state index in [1.165, 1.54) is 0 Å². The number of fused-ring (bicyclic) bond motifs is 1. The zero-order valence-corrected chi connectivity index (χ0v) is 17.5. The first-order valence-electron chi connectivity index (χ1n) is 9.12. The van der Waals surface area contributed by atoms with Gasteiger partial charge in [-0.25, -0.2) is 13.4 Å². The summed E-state index contributed by atoms with van der Waals surface area (Å²) in [7, 11) is -0.578.